The number of rotatable bonds is 7. The molecule has 3 atom stereocenters. The molecule has 0 radical (unpaired) electrons. The van der Waals surface area contributed by atoms with Gasteiger partial charge in [-0.3, -0.25) is 9.59 Å². The highest BCUT2D eigenvalue weighted by molar-refractivity contribution is 5.98. The summed E-state index contributed by atoms with van der Waals surface area (Å²) in [6.07, 6.45) is 3.72. The maximum Gasteiger partial charge on any atom is 0.331 e. The van der Waals surface area contributed by atoms with Crippen LogP contribution in [0.1, 0.15) is 63.5 Å². The van der Waals surface area contributed by atoms with E-state index in [0.717, 1.165) is 12.3 Å². The Hall–Kier alpha value is -3.46. The molecular formula is C29H40N2O7. The van der Waals surface area contributed by atoms with Crippen molar-refractivity contribution in [2.24, 2.45) is 11.8 Å². The first-order valence-electron chi connectivity index (χ1n) is 13.0. The first-order chi connectivity index (χ1) is 18.1. The van der Waals surface area contributed by atoms with Crippen LogP contribution in [0.4, 0.5) is 0 Å². The fourth-order valence-corrected chi connectivity index (χ4v) is 3.70. The van der Waals surface area contributed by atoms with Crippen LogP contribution in [0, 0.1) is 11.8 Å². The molecule has 1 saturated heterocycles. The number of amides is 1. The van der Waals surface area contributed by atoms with E-state index < -0.39 is 23.9 Å². The number of methoxy groups -OCH3 is 1. The average Bonchev–Trinajstić information content (AvgIpc) is 2.94. The zero-order valence-corrected chi connectivity index (χ0v) is 23.2. The number of benzene rings is 1. The van der Waals surface area contributed by atoms with Crippen LogP contribution >= 0.6 is 0 Å². The lowest BCUT2D eigenvalue weighted by Gasteiger charge is -2.20. The van der Waals surface area contributed by atoms with Gasteiger partial charge in [0.2, 0.25) is 5.75 Å². The van der Waals surface area contributed by atoms with E-state index in [1.54, 1.807) is 0 Å². The molecule has 0 bridgehead atoms. The molecule has 1 amide bonds. The molecule has 0 aliphatic carbocycles. The van der Waals surface area contributed by atoms with Gasteiger partial charge >= 0.3 is 11.9 Å². The van der Waals surface area contributed by atoms with Crippen LogP contribution in [0.15, 0.2) is 42.6 Å². The van der Waals surface area contributed by atoms with Crippen molar-refractivity contribution in [3.63, 3.8) is 0 Å². The predicted octanol–water partition coefficient (Wildman–Crippen LogP) is 4.38. The summed E-state index contributed by atoms with van der Waals surface area (Å²) in [5, 5.41) is 2.58. The summed E-state index contributed by atoms with van der Waals surface area (Å²) >= 11 is 0. The molecule has 1 N–H and O–H groups in total. The largest absolute Gasteiger partial charge is 0.493 e. The molecule has 0 saturated carbocycles. The van der Waals surface area contributed by atoms with Crippen molar-refractivity contribution in [1.82, 2.24) is 10.3 Å². The second kappa shape index (κ2) is 15.7. The lowest BCUT2D eigenvalue weighted by Crippen LogP contribution is -2.45. The molecule has 1 aromatic carbocycles. The highest BCUT2D eigenvalue weighted by Crippen LogP contribution is 2.29. The van der Waals surface area contributed by atoms with E-state index in [1.807, 2.05) is 37.3 Å². The molecule has 9 heteroatoms. The number of hydrogen-bond acceptors (Lipinski definition) is 8. The van der Waals surface area contributed by atoms with E-state index in [4.69, 9.17) is 18.9 Å². The standard InChI is InChI=1S/C24H28N2O7.C5H12/c1-15-11-18(12-17-7-5-4-6-8-17)13-31-14-19(24(29)32-15)26-23(28)21-22(33-16(2)27)20(30-3)9-10-25-21;1-4-5(2)3/h4-10,15,18-19H,11-14H2,1-3H3,(H,26,28);5H,4H2,1-3H3/t15?,18?,19-;/m0./s1. The first-order valence-corrected chi connectivity index (χ1v) is 13.0. The molecule has 2 aromatic rings. The number of carbonyl (C=O) groups excluding carboxylic acids is 3. The molecule has 2 heterocycles. The zero-order valence-electron chi connectivity index (χ0n) is 23.2. The van der Waals surface area contributed by atoms with Crippen LogP contribution in [0.2, 0.25) is 0 Å². The van der Waals surface area contributed by atoms with E-state index in [-0.39, 0.29) is 35.8 Å². The van der Waals surface area contributed by atoms with E-state index in [2.05, 4.69) is 31.1 Å². The van der Waals surface area contributed by atoms with Crippen LogP contribution in [0.3, 0.4) is 0 Å². The lowest BCUT2D eigenvalue weighted by molar-refractivity contribution is -0.151. The Labute approximate surface area is 225 Å². The third-order valence-electron chi connectivity index (χ3n) is 5.94. The fourth-order valence-electron chi connectivity index (χ4n) is 3.70. The van der Waals surface area contributed by atoms with E-state index in [0.29, 0.717) is 13.0 Å². The van der Waals surface area contributed by atoms with Gasteiger partial charge in [-0.25, -0.2) is 9.78 Å². The van der Waals surface area contributed by atoms with Crippen molar-refractivity contribution >= 4 is 17.8 Å². The Balaban J connectivity index is 0.000000926. The number of carbonyl (C=O) groups is 3. The molecule has 9 nitrogen and oxygen atoms in total. The van der Waals surface area contributed by atoms with Crippen LogP contribution in [0.25, 0.3) is 0 Å². The molecule has 1 aliphatic rings. The second-order valence-electron chi connectivity index (χ2n) is 9.69. The van der Waals surface area contributed by atoms with Crippen molar-refractivity contribution in [3.05, 3.63) is 53.9 Å². The van der Waals surface area contributed by atoms with Gasteiger partial charge in [-0.2, -0.15) is 0 Å². The molecule has 3 rings (SSSR count). The molecule has 1 fully saturated rings. The second-order valence-corrected chi connectivity index (χ2v) is 9.69. The Morgan fingerprint density at radius 2 is 1.84 bits per heavy atom. The Morgan fingerprint density at radius 3 is 2.45 bits per heavy atom. The van der Waals surface area contributed by atoms with E-state index in [1.165, 1.54) is 38.3 Å². The molecule has 1 aromatic heterocycles. The van der Waals surface area contributed by atoms with Gasteiger partial charge < -0.3 is 24.3 Å². The SMILES string of the molecule is CCC(C)C.COc1ccnc(C(=O)N[C@H]2COCC(Cc3ccccc3)CC(C)OC2=O)c1OC(C)=O. The highest BCUT2D eigenvalue weighted by atomic mass is 16.6. The molecular weight excluding hydrogens is 488 g/mol. The van der Waals surface area contributed by atoms with Crippen LogP contribution in [0.5, 0.6) is 11.5 Å². The maximum atomic E-state index is 12.9. The quantitative estimate of drug-likeness (QED) is 0.527. The number of aromatic nitrogens is 1. The summed E-state index contributed by atoms with van der Waals surface area (Å²) in [7, 11) is 1.38. The normalized spacial score (nSPS) is 19.6. The summed E-state index contributed by atoms with van der Waals surface area (Å²) in [5.74, 6) is -0.889. The van der Waals surface area contributed by atoms with Gasteiger partial charge in [0.25, 0.3) is 5.91 Å². The van der Waals surface area contributed by atoms with Crippen molar-refractivity contribution in [3.8, 4) is 11.5 Å². The summed E-state index contributed by atoms with van der Waals surface area (Å²) in [6, 6.07) is 10.4. The number of nitrogens with zero attached hydrogens (tertiary/aromatic N) is 1. The number of cyclic esters (lactones) is 1. The van der Waals surface area contributed by atoms with Gasteiger partial charge in [0.15, 0.2) is 17.5 Å². The molecule has 2 unspecified atom stereocenters. The van der Waals surface area contributed by atoms with Crippen molar-refractivity contribution in [2.45, 2.75) is 66.0 Å². The maximum absolute atomic E-state index is 12.9. The molecule has 1 aliphatic heterocycles. The van der Waals surface area contributed by atoms with Gasteiger partial charge in [-0.15, -0.1) is 0 Å². The van der Waals surface area contributed by atoms with Crippen molar-refractivity contribution < 1.29 is 33.3 Å². The Morgan fingerprint density at radius 1 is 1.16 bits per heavy atom. The number of nitrogens with one attached hydrogen (secondary N) is 1. The van der Waals surface area contributed by atoms with Gasteiger partial charge in [0, 0.05) is 25.8 Å². The number of hydrogen-bond donors (Lipinski definition) is 1. The Bertz CT molecular complexity index is 1040. The highest BCUT2D eigenvalue weighted by Gasteiger charge is 2.30. The summed E-state index contributed by atoms with van der Waals surface area (Å²) < 4.78 is 21.6. The van der Waals surface area contributed by atoms with Crippen molar-refractivity contribution in [1.29, 1.82) is 0 Å². The minimum absolute atomic E-state index is 0.0601. The third kappa shape index (κ3) is 10.1. The zero-order chi connectivity index (χ0) is 28.1. The smallest absolute Gasteiger partial charge is 0.331 e. The van der Waals surface area contributed by atoms with Crippen LogP contribution in [-0.2, 0) is 25.5 Å². The number of pyridine rings is 1. The third-order valence-corrected chi connectivity index (χ3v) is 5.94. The average molecular weight is 529 g/mol. The van der Waals surface area contributed by atoms with Gasteiger partial charge in [0.05, 0.1) is 19.8 Å². The van der Waals surface area contributed by atoms with E-state index >= 15 is 0 Å². The van der Waals surface area contributed by atoms with Crippen LogP contribution < -0.4 is 14.8 Å². The molecule has 38 heavy (non-hydrogen) atoms. The first kappa shape index (κ1) is 30.8. The van der Waals surface area contributed by atoms with Crippen molar-refractivity contribution in [2.75, 3.05) is 20.3 Å². The fraction of sp³-hybridized carbons (Fsp3) is 0.517. The molecule has 208 valence electrons. The van der Waals surface area contributed by atoms with E-state index in [9.17, 15) is 14.4 Å². The minimum Gasteiger partial charge on any atom is -0.493 e. The topological polar surface area (TPSA) is 113 Å². The summed E-state index contributed by atoms with van der Waals surface area (Å²) in [6.45, 7) is 10.0. The van der Waals surface area contributed by atoms with Gasteiger partial charge in [-0.05, 0) is 37.2 Å². The molecule has 0 spiro atoms. The summed E-state index contributed by atoms with van der Waals surface area (Å²) in [5.41, 5.74) is 0.989. The van der Waals surface area contributed by atoms with Gasteiger partial charge in [0.1, 0.15) is 0 Å². The minimum atomic E-state index is -1.05. The summed E-state index contributed by atoms with van der Waals surface area (Å²) in [4.78, 5) is 41.1. The van der Waals surface area contributed by atoms with Crippen LogP contribution in [-0.4, -0.2) is 55.3 Å². The predicted molar refractivity (Wildman–Crippen MR) is 143 cm³/mol. The number of ether oxygens (including phenoxy) is 4. The number of esters is 2. The van der Waals surface area contributed by atoms with Gasteiger partial charge in [-0.1, -0.05) is 57.5 Å². The Kier molecular flexibility index (Phi) is 12.7. The monoisotopic (exact) mass is 528 g/mol. The lowest BCUT2D eigenvalue weighted by atomic mass is 9.95.